The van der Waals surface area contributed by atoms with E-state index in [1.54, 1.807) is 6.92 Å². The minimum absolute atomic E-state index is 0.0143. The lowest BCUT2D eigenvalue weighted by molar-refractivity contribution is -0.137. The normalized spacial score (nSPS) is 44.4. The number of carbonyl (C=O) groups is 2. The molecule has 0 aromatic rings. The van der Waals surface area contributed by atoms with Crippen LogP contribution in [0.25, 0.3) is 0 Å². The van der Waals surface area contributed by atoms with Gasteiger partial charge in [0.05, 0.1) is 5.92 Å². The summed E-state index contributed by atoms with van der Waals surface area (Å²) in [5.74, 6) is 0.254. The van der Waals surface area contributed by atoms with Crippen LogP contribution in [0, 0.1) is 22.7 Å². The monoisotopic (exact) mass is 194 g/mol. The molecule has 78 valence electrons. The molecule has 2 saturated carbocycles. The van der Waals surface area contributed by atoms with Crippen molar-refractivity contribution in [1.29, 1.82) is 0 Å². The molecule has 0 aromatic carbocycles. The number of carbonyl (C=O) groups excluding carboxylic acids is 2. The molecular weight excluding hydrogens is 176 g/mol. The van der Waals surface area contributed by atoms with E-state index in [0.29, 0.717) is 0 Å². The summed E-state index contributed by atoms with van der Waals surface area (Å²) in [6.07, 6.45) is 2.01. The number of Topliss-reactive ketones (excluding diaryl/α,β-unsaturated/α-hetero) is 2. The third-order valence-corrected chi connectivity index (χ3v) is 4.97. The van der Waals surface area contributed by atoms with Gasteiger partial charge in [-0.15, -0.1) is 0 Å². The molecule has 2 rings (SSSR count). The molecule has 2 bridgehead atoms. The molecule has 2 fully saturated rings. The average molecular weight is 194 g/mol. The number of hydrogen-bond donors (Lipinski definition) is 0. The van der Waals surface area contributed by atoms with Gasteiger partial charge in [0.2, 0.25) is 0 Å². The van der Waals surface area contributed by atoms with Gasteiger partial charge in [0.15, 0.2) is 0 Å². The lowest BCUT2D eigenvalue weighted by atomic mass is 9.70. The molecule has 2 heteroatoms. The molecule has 0 N–H and O–H groups in total. The van der Waals surface area contributed by atoms with Gasteiger partial charge >= 0.3 is 0 Å². The van der Waals surface area contributed by atoms with E-state index in [4.69, 9.17) is 0 Å². The highest BCUT2D eigenvalue weighted by Crippen LogP contribution is 2.65. The summed E-state index contributed by atoms with van der Waals surface area (Å²) in [4.78, 5) is 23.6. The summed E-state index contributed by atoms with van der Waals surface area (Å²) in [6, 6.07) is 0. The van der Waals surface area contributed by atoms with E-state index >= 15 is 0 Å². The van der Waals surface area contributed by atoms with Crippen LogP contribution >= 0.6 is 0 Å². The van der Waals surface area contributed by atoms with Gasteiger partial charge < -0.3 is 0 Å². The van der Waals surface area contributed by atoms with Gasteiger partial charge in [-0.25, -0.2) is 0 Å². The Morgan fingerprint density at radius 2 is 1.93 bits per heavy atom. The SMILES string of the molecule is CC(=O)[C@H]1C(=O)[C@]2(C)CC[C@H]1C2(C)C. The minimum Gasteiger partial charge on any atom is -0.299 e. The van der Waals surface area contributed by atoms with E-state index < -0.39 is 0 Å². The largest absolute Gasteiger partial charge is 0.299 e. The zero-order chi connectivity index (χ0) is 10.7. The summed E-state index contributed by atoms with van der Waals surface area (Å²) >= 11 is 0. The van der Waals surface area contributed by atoms with Gasteiger partial charge in [0, 0.05) is 5.41 Å². The molecule has 0 saturated heterocycles. The molecule has 0 aliphatic heterocycles. The quantitative estimate of drug-likeness (QED) is 0.600. The smallest absolute Gasteiger partial charge is 0.150 e. The maximum absolute atomic E-state index is 12.1. The number of hydrogen-bond acceptors (Lipinski definition) is 2. The summed E-state index contributed by atoms with van der Waals surface area (Å²) < 4.78 is 0. The Bertz CT molecular complexity index is 316. The van der Waals surface area contributed by atoms with E-state index in [1.165, 1.54) is 0 Å². The fourth-order valence-electron chi connectivity index (χ4n) is 3.55. The molecule has 14 heavy (non-hydrogen) atoms. The second-order valence-electron chi connectivity index (χ2n) is 5.65. The maximum atomic E-state index is 12.1. The van der Waals surface area contributed by atoms with Crippen molar-refractivity contribution >= 4 is 11.6 Å². The number of rotatable bonds is 1. The van der Waals surface area contributed by atoms with Crippen LogP contribution in [0.15, 0.2) is 0 Å². The van der Waals surface area contributed by atoms with Crippen molar-refractivity contribution < 1.29 is 9.59 Å². The van der Waals surface area contributed by atoms with Gasteiger partial charge in [-0.2, -0.15) is 0 Å². The van der Waals surface area contributed by atoms with Gasteiger partial charge in [0.1, 0.15) is 11.6 Å². The molecule has 0 unspecified atom stereocenters. The number of ketones is 2. The van der Waals surface area contributed by atoms with E-state index in [-0.39, 0.29) is 34.2 Å². The summed E-state index contributed by atoms with van der Waals surface area (Å²) in [5, 5.41) is 0. The van der Waals surface area contributed by atoms with Gasteiger partial charge in [-0.3, -0.25) is 9.59 Å². The van der Waals surface area contributed by atoms with Crippen molar-refractivity contribution in [3.8, 4) is 0 Å². The van der Waals surface area contributed by atoms with E-state index in [2.05, 4.69) is 13.8 Å². The Balaban J connectivity index is 2.49. The fourth-order valence-corrected chi connectivity index (χ4v) is 3.55. The second-order valence-corrected chi connectivity index (χ2v) is 5.65. The van der Waals surface area contributed by atoms with E-state index in [1.807, 2.05) is 6.92 Å². The molecular formula is C12H18O2. The Labute approximate surface area is 85.1 Å². The first kappa shape index (κ1) is 9.88. The first-order valence-electron chi connectivity index (χ1n) is 5.37. The van der Waals surface area contributed by atoms with Crippen LogP contribution in [-0.4, -0.2) is 11.6 Å². The summed E-state index contributed by atoms with van der Waals surface area (Å²) in [6.45, 7) is 7.89. The van der Waals surface area contributed by atoms with Crippen LogP contribution < -0.4 is 0 Å². The van der Waals surface area contributed by atoms with Crippen LogP contribution in [0.5, 0.6) is 0 Å². The molecule has 0 spiro atoms. The summed E-state index contributed by atoms with van der Waals surface area (Å²) in [7, 11) is 0. The topological polar surface area (TPSA) is 34.1 Å². The first-order valence-corrected chi connectivity index (χ1v) is 5.37. The lowest BCUT2D eigenvalue weighted by Gasteiger charge is -2.32. The van der Waals surface area contributed by atoms with Crippen molar-refractivity contribution in [3.05, 3.63) is 0 Å². The van der Waals surface area contributed by atoms with Gasteiger partial charge in [-0.1, -0.05) is 20.8 Å². The van der Waals surface area contributed by atoms with Crippen molar-refractivity contribution in [1.82, 2.24) is 0 Å². The van der Waals surface area contributed by atoms with Crippen LogP contribution in [0.4, 0.5) is 0 Å². The zero-order valence-electron chi connectivity index (χ0n) is 9.39. The van der Waals surface area contributed by atoms with Crippen LogP contribution in [0.2, 0.25) is 0 Å². The maximum Gasteiger partial charge on any atom is 0.150 e. The third-order valence-electron chi connectivity index (χ3n) is 4.97. The minimum atomic E-state index is -0.302. The molecule has 2 nitrogen and oxygen atoms in total. The molecule has 3 atom stereocenters. The Hall–Kier alpha value is -0.660. The van der Waals surface area contributed by atoms with Crippen LogP contribution in [0.1, 0.15) is 40.5 Å². The zero-order valence-corrected chi connectivity index (χ0v) is 9.39. The average Bonchev–Trinajstić information content (AvgIpc) is 2.35. The van der Waals surface area contributed by atoms with Crippen molar-refractivity contribution in [2.45, 2.75) is 40.5 Å². The second kappa shape index (κ2) is 2.47. The first-order chi connectivity index (χ1) is 6.32. The van der Waals surface area contributed by atoms with Gasteiger partial charge in [-0.05, 0) is 31.1 Å². The Morgan fingerprint density at radius 3 is 2.21 bits per heavy atom. The molecule has 2 aliphatic carbocycles. The van der Waals surface area contributed by atoms with Crippen LogP contribution in [0.3, 0.4) is 0 Å². The highest BCUT2D eigenvalue weighted by atomic mass is 16.2. The highest BCUT2D eigenvalue weighted by Gasteiger charge is 2.67. The van der Waals surface area contributed by atoms with Crippen molar-refractivity contribution in [2.75, 3.05) is 0 Å². The van der Waals surface area contributed by atoms with Crippen LogP contribution in [-0.2, 0) is 9.59 Å². The predicted octanol–water partition coefficient (Wildman–Crippen LogP) is 2.22. The summed E-state index contributed by atoms with van der Waals surface area (Å²) in [5.41, 5.74) is -0.228. The standard InChI is InChI=1S/C12H18O2/c1-7(13)9-8-5-6-12(4,10(9)14)11(8,2)3/h8-9H,5-6H2,1-4H3/t8-,9-,12+/m1/s1. The Kier molecular flexibility index (Phi) is 1.74. The molecule has 0 amide bonds. The molecule has 0 aromatic heterocycles. The van der Waals surface area contributed by atoms with E-state index in [0.717, 1.165) is 12.8 Å². The predicted molar refractivity (Wildman–Crippen MR) is 53.8 cm³/mol. The van der Waals surface area contributed by atoms with Crippen molar-refractivity contribution in [2.24, 2.45) is 22.7 Å². The lowest BCUT2D eigenvalue weighted by Crippen LogP contribution is -2.34. The Morgan fingerprint density at radius 1 is 1.36 bits per heavy atom. The number of fused-ring (bicyclic) bond motifs is 2. The van der Waals surface area contributed by atoms with Gasteiger partial charge in [0.25, 0.3) is 0 Å². The molecule has 0 radical (unpaired) electrons. The van der Waals surface area contributed by atoms with E-state index in [9.17, 15) is 9.59 Å². The molecule has 0 heterocycles. The van der Waals surface area contributed by atoms with Crippen molar-refractivity contribution in [3.63, 3.8) is 0 Å². The fraction of sp³-hybridized carbons (Fsp3) is 0.833. The highest BCUT2D eigenvalue weighted by molar-refractivity contribution is 6.07. The molecule has 2 aliphatic rings. The third kappa shape index (κ3) is 0.825.